The number of rotatable bonds is 5. The van der Waals surface area contributed by atoms with Crippen LogP contribution in [-0.2, 0) is 11.5 Å². The van der Waals surface area contributed by atoms with Crippen LogP contribution in [0, 0.1) is 0 Å². The van der Waals surface area contributed by atoms with Crippen LogP contribution in [0.15, 0.2) is 42.5 Å². The number of hydrogen-bond acceptors (Lipinski definition) is 4. The third kappa shape index (κ3) is 3.60. The normalized spacial score (nSPS) is 10.3. The molecular formula is C13H14N2OS2. The van der Waals surface area contributed by atoms with Gasteiger partial charge in [0.2, 0.25) is 0 Å². The van der Waals surface area contributed by atoms with Gasteiger partial charge in [-0.25, -0.2) is 5.84 Å². The molecule has 1 aromatic heterocycles. The second kappa shape index (κ2) is 6.58. The lowest BCUT2D eigenvalue weighted by Crippen LogP contribution is -2.29. The van der Waals surface area contributed by atoms with Crippen LogP contribution in [0.2, 0.25) is 0 Å². The standard InChI is InChI=1S/C13H14N2OS2/c14-15-13(16)12-7-6-11(18-12)9-17-8-10-4-2-1-3-5-10/h1-7H,8-9,14H2,(H,15,16). The van der Waals surface area contributed by atoms with E-state index < -0.39 is 0 Å². The van der Waals surface area contributed by atoms with Crippen LogP contribution >= 0.6 is 23.1 Å². The molecule has 94 valence electrons. The van der Waals surface area contributed by atoms with Gasteiger partial charge in [-0.2, -0.15) is 11.8 Å². The highest BCUT2D eigenvalue weighted by atomic mass is 32.2. The summed E-state index contributed by atoms with van der Waals surface area (Å²) in [5.41, 5.74) is 3.46. The number of carbonyl (C=O) groups is 1. The van der Waals surface area contributed by atoms with Crippen LogP contribution < -0.4 is 11.3 Å². The molecule has 3 N–H and O–H groups in total. The molecule has 0 radical (unpaired) electrons. The van der Waals surface area contributed by atoms with Crippen molar-refractivity contribution >= 4 is 29.0 Å². The number of thiophene rings is 1. The van der Waals surface area contributed by atoms with Crippen molar-refractivity contribution in [2.75, 3.05) is 0 Å². The molecular weight excluding hydrogens is 264 g/mol. The van der Waals surface area contributed by atoms with E-state index in [1.807, 2.05) is 42.1 Å². The number of nitrogens with two attached hydrogens (primary N) is 1. The molecule has 1 amide bonds. The molecule has 0 atom stereocenters. The second-order valence-electron chi connectivity index (χ2n) is 3.72. The van der Waals surface area contributed by atoms with Gasteiger partial charge in [-0.3, -0.25) is 10.2 Å². The van der Waals surface area contributed by atoms with E-state index in [-0.39, 0.29) is 5.91 Å². The molecule has 0 fully saturated rings. The Balaban J connectivity index is 1.84. The van der Waals surface area contributed by atoms with Crippen molar-refractivity contribution in [1.29, 1.82) is 0 Å². The van der Waals surface area contributed by atoms with Crippen LogP contribution in [0.3, 0.4) is 0 Å². The smallest absolute Gasteiger partial charge is 0.275 e. The summed E-state index contributed by atoms with van der Waals surface area (Å²) in [4.78, 5) is 13.1. The third-order valence-electron chi connectivity index (χ3n) is 2.37. The highest BCUT2D eigenvalue weighted by Gasteiger charge is 2.07. The van der Waals surface area contributed by atoms with Crippen LogP contribution in [0.25, 0.3) is 0 Å². The quantitative estimate of drug-likeness (QED) is 0.502. The van der Waals surface area contributed by atoms with E-state index in [1.165, 1.54) is 21.8 Å². The summed E-state index contributed by atoms with van der Waals surface area (Å²) >= 11 is 3.33. The van der Waals surface area contributed by atoms with Gasteiger partial charge in [-0.15, -0.1) is 11.3 Å². The van der Waals surface area contributed by atoms with Gasteiger partial charge < -0.3 is 0 Å². The van der Waals surface area contributed by atoms with E-state index in [0.717, 1.165) is 11.5 Å². The molecule has 2 aromatic rings. The molecule has 3 nitrogen and oxygen atoms in total. The zero-order chi connectivity index (χ0) is 12.8. The summed E-state index contributed by atoms with van der Waals surface area (Å²) < 4.78 is 0. The maximum atomic E-state index is 11.3. The summed E-state index contributed by atoms with van der Waals surface area (Å²) in [7, 11) is 0. The minimum atomic E-state index is -0.223. The van der Waals surface area contributed by atoms with Gasteiger partial charge in [0.05, 0.1) is 4.88 Å². The van der Waals surface area contributed by atoms with Gasteiger partial charge in [0, 0.05) is 16.4 Å². The van der Waals surface area contributed by atoms with E-state index in [1.54, 1.807) is 0 Å². The van der Waals surface area contributed by atoms with Crippen molar-refractivity contribution in [3.05, 3.63) is 57.8 Å². The Bertz CT molecular complexity index is 511. The van der Waals surface area contributed by atoms with Crippen molar-refractivity contribution in [2.45, 2.75) is 11.5 Å². The van der Waals surface area contributed by atoms with E-state index in [0.29, 0.717) is 4.88 Å². The van der Waals surface area contributed by atoms with Gasteiger partial charge in [0.15, 0.2) is 0 Å². The maximum Gasteiger partial charge on any atom is 0.275 e. The fourth-order valence-electron chi connectivity index (χ4n) is 1.49. The number of amides is 1. The zero-order valence-electron chi connectivity index (χ0n) is 9.76. The van der Waals surface area contributed by atoms with Crippen molar-refractivity contribution in [1.82, 2.24) is 5.43 Å². The average molecular weight is 278 g/mol. The number of nitrogens with one attached hydrogen (secondary N) is 1. The van der Waals surface area contributed by atoms with Crippen molar-refractivity contribution < 1.29 is 4.79 Å². The molecule has 5 heteroatoms. The predicted molar refractivity (Wildman–Crippen MR) is 77.4 cm³/mol. The van der Waals surface area contributed by atoms with E-state index in [2.05, 4.69) is 17.6 Å². The van der Waals surface area contributed by atoms with Gasteiger partial charge in [0.25, 0.3) is 5.91 Å². The lowest BCUT2D eigenvalue weighted by molar-refractivity contribution is 0.0957. The summed E-state index contributed by atoms with van der Waals surface area (Å²) in [6.07, 6.45) is 0. The van der Waals surface area contributed by atoms with E-state index >= 15 is 0 Å². The van der Waals surface area contributed by atoms with Gasteiger partial charge >= 0.3 is 0 Å². The molecule has 0 saturated carbocycles. The first-order chi connectivity index (χ1) is 8.79. The Morgan fingerprint density at radius 1 is 1.17 bits per heavy atom. The lowest BCUT2D eigenvalue weighted by Gasteiger charge is -1.99. The minimum absolute atomic E-state index is 0.223. The number of hydrogen-bond donors (Lipinski definition) is 2. The summed E-state index contributed by atoms with van der Waals surface area (Å²) in [5, 5.41) is 0. The average Bonchev–Trinajstić information content (AvgIpc) is 2.88. The topological polar surface area (TPSA) is 55.1 Å². The number of benzene rings is 1. The lowest BCUT2D eigenvalue weighted by atomic mass is 10.2. The van der Waals surface area contributed by atoms with E-state index in [4.69, 9.17) is 5.84 Å². The number of thioether (sulfide) groups is 1. The summed E-state index contributed by atoms with van der Waals surface area (Å²) in [5.74, 6) is 6.77. The summed E-state index contributed by atoms with van der Waals surface area (Å²) in [6, 6.07) is 14.1. The molecule has 0 aliphatic carbocycles. The van der Waals surface area contributed by atoms with Gasteiger partial charge in [-0.05, 0) is 17.7 Å². The largest absolute Gasteiger partial charge is 0.289 e. The fourth-order valence-corrected chi connectivity index (χ4v) is 3.51. The van der Waals surface area contributed by atoms with Crippen LogP contribution in [-0.4, -0.2) is 5.91 Å². The van der Waals surface area contributed by atoms with Crippen molar-refractivity contribution in [2.24, 2.45) is 5.84 Å². The molecule has 0 saturated heterocycles. The van der Waals surface area contributed by atoms with Gasteiger partial charge in [0.1, 0.15) is 0 Å². The molecule has 1 aromatic carbocycles. The first-order valence-electron chi connectivity index (χ1n) is 5.51. The Kier molecular flexibility index (Phi) is 4.81. The van der Waals surface area contributed by atoms with Crippen LogP contribution in [0.5, 0.6) is 0 Å². The number of carbonyl (C=O) groups excluding carboxylic acids is 1. The van der Waals surface area contributed by atoms with Gasteiger partial charge in [-0.1, -0.05) is 30.3 Å². The number of nitrogen functional groups attached to an aromatic ring is 1. The Hall–Kier alpha value is -1.30. The highest BCUT2D eigenvalue weighted by molar-refractivity contribution is 7.97. The third-order valence-corrected chi connectivity index (χ3v) is 4.69. The molecule has 2 rings (SSSR count). The SMILES string of the molecule is NNC(=O)c1ccc(CSCc2ccccc2)s1. The Labute approximate surface area is 114 Å². The molecule has 0 spiro atoms. The number of hydrazine groups is 1. The minimum Gasteiger partial charge on any atom is -0.289 e. The first kappa shape index (κ1) is 13.1. The molecule has 18 heavy (non-hydrogen) atoms. The molecule has 0 aliphatic heterocycles. The zero-order valence-corrected chi connectivity index (χ0v) is 11.4. The van der Waals surface area contributed by atoms with Crippen LogP contribution in [0.1, 0.15) is 20.1 Å². The highest BCUT2D eigenvalue weighted by Crippen LogP contribution is 2.23. The Morgan fingerprint density at radius 2 is 1.94 bits per heavy atom. The summed E-state index contributed by atoms with van der Waals surface area (Å²) in [6.45, 7) is 0. The molecule has 0 bridgehead atoms. The fraction of sp³-hybridized carbons (Fsp3) is 0.154. The second-order valence-corrected chi connectivity index (χ2v) is 5.87. The molecule has 0 aliphatic rings. The first-order valence-corrected chi connectivity index (χ1v) is 7.48. The van der Waals surface area contributed by atoms with Crippen molar-refractivity contribution in [3.8, 4) is 0 Å². The predicted octanol–water partition coefficient (Wildman–Crippen LogP) is 2.79. The molecule has 1 heterocycles. The van der Waals surface area contributed by atoms with E-state index in [9.17, 15) is 4.79 Å². The maximum absolute atomic E-state index is 11.3. The van der Waals surface area contributed by atoms with Crippen LogP contribution in [0.4, 0.5) is 0 Å². The Morgan fingerprint density at radius 3 is 2.67 bits per heavy atom. The monoisotopic (exact) mass is 278 g/mol. The van der Waals surface area contributed by atoms with Crippen molar-refractivity contribution in [3.63, 3.8) is 0 Å². The molecule has 0 unspecified atom stereocenters.